The largest absolute Gasteiger partial charge is 0.493 e. The first-order valence-electron chi connectivity index (χ1n) is 48.9. The van der Waals surface area contributed by atoms with Gasteiger partial charge in [-0.05, 0) is 213 Å². The zero-order valence-corrected chi connectivity index (χ0v) is 82.4. The highest BCUT2D eigenvalue weighted by Crippen LogP contribution is 2.36. The van der Waals surface area contributed by atoms with Crippen molar-refractivity contribution in [3.63, 3.8) is 0 Å². The predicted molar refractivity (Wildman–Crippen MR) is 563 cm³/mol. The van der Waals surface area contributed by atoms with Crippen LogP contribution < -0.4 is 78.1 Å². The highest BCUT2D eigenvalue weighted by atomic mass is 19.1. The van der Waals surface area contributed by atoms with Crippen molar-refractivity contribution in [2.24, 2.45) is 0 Å². The molecular weight excluding hydrogens is 1860 g/mol. The molecule has 20 aromatic rings. The number of imidazole rings is 5. The Bertz CT molecular complexity index is 8470. The molecule has 0 unspecified atom stereocenters. The summed E-state index contributed by atoms with van der Waals surface area (Å²) in [5, 5.41) is 14.0. The van der Waals surface area contributed by atoms with Crippen molar-refractivity contribution < 1.29 is 44.7 Å². The van der Waals surface area contributed by atoms with E-state index in [-0.39, 0.29) is 27.8 Å². The van der Waals surface area contributed by atoms with Crippen LogP contribution in [-0.4, -0.2) is 214 Å². The van der Waals surface area contributed by atoms with Gasteiger partial charge in [-0.25, -0.2) is 62.1 Å². The number of halogens is 3. The molecule has 146 heavy (non-hydrogen) atoms. The number of anilines is 5. The van der Waals surface area contributed by atoms with Crippen molar-refractivity contribution in [2.75, 3.05) is 158 Å². The molecule has 3 N–H and O–H groups in total. The van der Waals surface area contributed by atoms with Gasteiger partial charge in [0.2, 0.25) is 0 Å². The molecule has 5 saturated heterocycles. The third kappa shape index (κ3) is 20.1. The number of nitrogens with zero attached hydrogens (tertiary/aromatic N) is 17. The fourth-order valence-corrected chi connectivity index (χ4v) is 19.9. The van der Waals surface area contributed by atoms with E-state index in [0.29, 0.717) is 126 Å². The molecule has 0 amide bonds. The molecule has 746 valence electrons. The molecule has 5 aliphatic heterocycles. The number of nitrogens with one attached hydrogen (secondary N) is 3. The van der Waals surface area contributed by atoms with Gasteiger partial charge < -0.3 is 104 Å². The standard InChI is InChI=1S/2C23H24N4O3.2C22H21FN4O2.C21H19FN4O2/c1-14-11-27(12-15(2)24-14)17-7-6-16-9-18(23(28)30-21(16)10-17)19-13-26-8-4-5-20(29-3)22(26)25-19;1-25-8-4-10-26(12-11-25)17-7-6-16-13-18(23(28)30-21(16)14-17)19-15-27-9-3-5-20(29-2)22(27)24-19;2*1-13-7-18(23)21-25-19(12-27(21)10-13)17-8-15-3-4-16(9-20(15)29-22(17)28)26-6-5-24-14(2)11-26;1-24-6-8-25(9-7-24)14-10-17(22)15-12-16(21(27)28-19(15)11-14)18-13-26-5-3-2-4-20(26)23-18/h4-10,13-15,24H,11-12H2,1-3H3;3,5-7,9,13-15H,4,8,10-12H2,1-2H3;2*3-4,7-10,12,14,24H,5-6,11H2,1-2H3;2-5,10-13H,6-9H2,1H3/t14-,15+;;2*14-;/m..10./s1. The van der Waals surface area contributed by atoms with Crippen LogP contribution in [0.4, 0.5) is 41.6 Å². The van der Waals surface area contributed by atoms with Crippen molar-refractivity contribution in [3.05, 3.63) is 313 Å². The summed E-state index contributed by atoms with van der Waals surface area (Å²) in [6, 6.07) is 53.5. The van der Waals surface area contributed by atoms with Gasteiger partial charge in [-0.1, -0.05) is 6.07 Å². The van der Waals surface area contributed by atoms with E-state index >= 15 is 0 Å². The first kappa shape index (κ1) is 95.9. The van der Waals surface area contributed by atoms with Crippen LogP contribution in [-0.2, 0) is 0 Å². The van der Waals surface area contributed by atoms with Crippen molar-refractivity contribution in [2.45, 2.75) is 72.1 Å². The third-order valence-electron chi connectivity index (χ3n) is 27.4. The lowest BCUT2D eigenvalue weighted by molar-refractivity contribution is 0.313. The van der Waals surface area contributed by atoms with Gasteiger partial charge in [-0.2, -0.15) is 0 Å². The number of hydrogen-bond donors (Lipinski definition) is 3. The quantitative estimate of drug-likeness (QED) is 0.0957. The van der Waals surface area contributed by atoms with Gasteiger partial charge in [0, 0.05) is 265 Å². The number of aryl methyl sites for hydroxylation is 2. The number of rotatable bonds is 12. The number of ether oxygens (including phenoxy) is 2. The molecule has 5 fully saturated rings. The van der Waals surface area contributed by atoms with Gasteiger partial charge >= 0.3 is 28.1 Å². The second kappa shape index (κ2) is 40.5. The van der Waals surface area contributed by atoms with E-state index in [9.17, 15) is 37.1 Å². The van der Waals surface area contributed by atoms with E-state index < -0.39 is 45.6 Å². The summed E-state index contributed by atoms with van der Waals surface area (Å²) < 4.78 is 90.8. The zero-order chi connectivity index (χ0) is 101. The third-order valence-corrected chi connectivity index (χ3v) is 27.4. The van der Waals surface area contributed by atoms with E-state index in [1.807, 2.05) is 173 Å². The van der Waals surface area contributed by atoms with Crippen LogP contribution in [0.3, 0.4) is 0 Å². The van der Waals surface area contributed by atoms with Gasteiger partial charge in [-0.15, -0.1) is 0 Å². The van der Waals surface area contributed by atoms with E-state index in [2.05, 4.69) is 129 Å². The van der Waals surface area contributed by atoms with Crippen molar-refractivity contribution in [1.82, 2.24) is 72.7 Å². The van der Waals surface area contributed by atoms with Gasteiger partial charge in [0.05, 0.1) is 75.9 Å². The highest BCUT2D eigenvalue weighted by molar-refractivity contribution is 5.90. The lowest BCUT2D eigenvalue weighted by Crippen LogP contribution is -2.54. The first-order chi connectivity index (χ1) is 70.7. The Morgan fingerprint density at radius 1 is 0.329 bits per heavy atom. The molecular formula is C111H109F3N20O12. The minimum absolute atomic E-state index is 0.188. The topological polar surface area (TPSA) is 315 Å². The molecule has 0 bridgehead atoms. The number of pyridine rings is 5. The summed E-state index contributed by atoms with van der Waals surface area (Å²) in [7, 11) is 7.43. The molecule has 4 atom stereocenters. The average Bonchev–Trinajstić information content (AvgIpc) is 1.38. The van der Waals surface area contributed by atoms with Crippen molar-refractivity contribution in [3.8, 4) is 67.8 Å². The van der Waals surface area contributed by atoms with Crippen LogP contribution >= 0.6 is 0 Å². The van der Waals surface area contributed by atoms with Crippen LogP contribution in [0, 0.1) is 31.3 Å². The summed E-state index contributed by atoms with van der Waals surface area (Å²) in [5.41, 5.74) is 13.3. The van der Waals surface area contributed by atoms with Gasteiger partial charge in [0.1, 0.15) is 39.4 Å². The van der Waals surface area contributed by atoms with E-state index in [1.165, 1.54) is 24.3 Å². The maximum absolute atomic E-state index is 14.9. The Balaban J connectivity index is 0.000000107. The smallest absolute Gasteiger partial charge is 0.345 e. The maximum atomic E-state index is 14.9. The molecule has 5 aromatic carbocycles. The monoisotopic (exact) mass is 1970 g/mol. The SMILES string of the molecule is CN1CCN(c2cc(F)c3cc(-c4cn5ccccc5n4)c(=O)oc3c2)CC1.COc1cccn2cc(-c3cc4ccc(N5CCCN(C)CC5)cc4oc3=O)nc12.COc1cccn2cc(-c3cc4ccc(N5C[C@@H](C)N[C@@H](C)C5)cc4oc3=O)nc12.Cc1cc(F)c2nc(-c3cc4ccc(N5CCN[C@@H](C)C5)cc4oc3=O)cn2c1.Cc1cc(F)c2nc(-c3cc4ccc(N5CCN[C@H](C)C5)cc4oc3=O)cn2c1. The summed E-state index contributed by atoms with van der Waals surface area (Å²) in [4.78, 5) is 102. The number of piperazine rings is 4. The Morgan fingerprint density at radius 3 is 1.14 bits per heavy atom. The Kier molecular flexibility index (Phi) is 26.6. The maximum Gasteiger partial charge on any atom is 0.345 e. The molecule has 0 aliphatic carbocycles. The Morgan fingerprint density at radius 2 is 0.699 bits per heavy atom. The minimum atomic E-state index is -0.522. The van der Waals surface area contributed by atoms with Crippen molar-refractivity contribution in [1.29, 1.82) is 0 Å². The fourth-order valence-electron chi connectivity index (χ4n) is 19.9. The Hall–Kier alpha value is -16.2. The predicted octanol–water partition coefficient (Wildman–Crippen LogP) is 16.3. The fraction of sp³-hybridized carbons (Fsp3) is 0.279. The van der Waals surface area contributed by atoms with Gasteiger partial charge in [0.15, 0.2) is 45.7 Å². The number of hydrogen-bond acceptors (Lipinski definition) is 27. The summed E-state index contributed by atoms with van der Waals surface area (Å²) in [6.07, 6.45) is 18.9. The van der Waals surface area contributed by atoms with Gasteiger partial charge in [0.25, 0.3) is 0 Å². The number of benzene rings is 5. The van der Waals surface area contributed by atoms with E-state index in [4.69, 9.17) is 31.6 Å². The number of fused-ring (bicyclic) bond motifs is 10. The number of methoxy groups -OCH3 is 2. The second-order valence-corrected chi connectivity index (χ2v) is 38.3. The zero-order valence-electron chi connectivity index (χ0n) is 82.4. The highest BCUT2D eigenvalue weighted by Gasteiger charge is 2.28. The summed E-state index contributed by atoms with van der Waals surface area (Å²) >= 11 is 0. The summed E-state index contributed by atoms with van der Waals surface area (Å²) in [6.45, 7) is 27.1. The van der Waals surface area contributed by atoms with E-state index in [0.717, 1.165) is 172 Å². The molecule has 15 aromatic heterocycles. The minimum Gasteiger partial charge on any atom is -0.493 e. The van der Waals surface area contributed by atoms with Crippen LogP contribution in [0.15, 0.2) is 278 Å². The number of aromatic nitrogens is 10. The lowest BCUT2D eigenvalue weighted by atomic mass is 10.1. The molecule has 5 aliphatic rings. The average molecular weight is 1970 g/mol. The summed E-state index contributed by atoms with van der Waals surface area (Å²) in [5.74, 6) is 0.0625. The second-order valence-electron chi connectivity index (χ2n) is 38.3. The molecule has 32 nitrogen and oxygen atoms in total. The number of likely N-dealkylation sites (N-methyl/N-ethyl adjacent to an activating group) is 2. The van der Waals surface area contributed by atoms with Crippen LogP contribution in [0.2, 0.25) is 0 Å². The Labute approximate surface area is 834 Å². The molecule has 0 saturated carbocycles. The van der Waals surface area contributed by atoms with Crippen LogP contribution in [0.5, 0.6) is 11.5 Å². The van der Waals surface area contributed by atoms with Gasteiger partial charge in [-0.3, -0.25) is 0 Å². The molecule has 25 rings (SSSR count). The molecule has 0 radical (unpaired) electrons. The van der Waals surface area contributed by atoms with Crippen LogP contribution in [0.1, 0.15) is 45.2 Å². The first-order valence-corrected chi connectivity index (χ1v) is 48.9. The molecule has 0 spiro atoms. The van der Waals surface area contributed by atoms with E-state index in [1.54, 1.807) is 72.2 Å². The lowest BCUT2D eigenvalue weighted by Gasteiger charge is -2.37. The van der Waals surface area contributed by atoms with Crippen LogP contribution in [0.25, 0.3) is 139 Å². The molecule has 20 heterocycles. The normalized spacial score (nSPS) is 17.1. The van der Waals surface area contributed by atoms with Crippen molar-refractivity contribution >= 4 is 112 Å². The molecule has 35 heteroatoms.